The van der Waals surface area contributed by atoms with Gasteiger partial charge in [-0.2, -0.15) is 4.98 Å². The highest BCUT2D eigenvalue weighted by atomic mass is 16.5. The molecule has 140 valence electrons. The summed E-state index contributed by atoms with van der Waals surface area (Å²) in [7, 11) is 0. The number of rotatable bonds is 6. The second-order valence-corrected chi connectivity index (χ2v) is 7.02. The van der Waals surface area contributed by atoms with Gasteiger partial charge in [0, 0.05) is 44.7 Å². The van der Waals surface area contributed by atoms with Crippen molar-refractivity contribution in [2.45, 2.75) is 51.8 Å². The largest absolute Gasteiger partial charge is 0.371 e. The van der Waals surface area contributed by atoms with Gasteiger partial charge in [-0.15, -0.1) is 0 Å². The molecule has 0 bridgehead atoms. The van der Waals surface area contributed by atoms with Crippen LogP contribution in [0.3, 0.4) is 0 Å². The Labute approximate surface area is 148 Å². The Bertz CT molecular complexity index is 570. The standard InChI is InChI=1S/C17H29N5O3/c1-3-24-12(2)16-19-15(25-20-16)11-21-6-8-22(9-7-21)17(23)13-4-5-14(18)10-13/h12-14H,3-11,18H2,1-2H3/t12-,13-,14+/m1/s1. The third kappa shape index (κ3) is 4.56. The maximum atomic E-state index is 12.5. The zero-order valence-electron chi connectivity index (χ0n) is 15.2. The number of hydrogen-bond acceptors (Lipinski definition) is 7. The highest BCUT2D eigenvalue weighted by Crippen LogP contribution is 2.26. The molecule has 2 aliphatic rings. The predicted octanol–water partition coefficient (Wildman–Crippen LogP) is 0.939. The first-order valence-corrected chi connectivity index (χ1v) is 9.27. The molecule has 0 unspecified atom stereocenters. The van der Waals surface area contributed by atoms with E-state index in [0.717, 1.165) is 45.4 Å². The number of carbonyl (C=O) groups is 1. The van der Waals surface area contributed by atoms with Crippen molar-refractivity contribution >= 4 is 5.91 Å². The average Bonchev–Trinajstić information content (AvgIpc) is 3.24. The molecule has 1 saturated heterocycles. The minimum absolute atomic E-state index is 0.125. The van der Waals surface area contributed by atoms with E-state index in [9.17, 15) is 4.79 Å². The number of aromatic nitrogens is 2. The van der Waals surface area contributed by atoms with Crippen LogP contribution in [0.25, 0.3) is 0 Å². The van der Waals surface area contributed by atoms with Crippen LogP contribution in [0.4, 0.5) is 0 Å². The molecule has 2 heterocycles. The molecular weight excluding hydrogens is 322 g/mol. The molecule has 1 aromatic rings. The van der Waals surface area contributed by atoms with Crippen molar-refractivity contribution < 1.29 is 14.1 Å². The first-order chi connectivity index (χ1) is 12.1. The molecule has 1 aliphatic heterocycles. The number of ether oxygens (including phenoxy) is 1. The lowest BCUT2D eigenvalue weighted by atomic mass is 10.1. The lowest BCUT2D eigenvalue weighted by Gasteiger charge is -2.35. The van der Waals surface area contributed by atoms with E-state index in [0.29, 0.717) is 24.9 Å². The van der Waals surface area contributed by atoms with E-state index >= 15 is 0 Å². The van der Waals surface area contributed by atoms with Crippen molar-refractivity contribution in [3.63, 3.8) is 0 Å². The Morgan fingerprint density at radius 3 is 2.76 bits per heavy atom. The maximum Gasteiger partial charge on any atom is 0.240 e. The van der Waals surface area contributed by atoms with Crippen molar-refractivity contribution in [1.29, 1.82) is 0 Å². The lowest BCUT2D eigenvalue weighted by Crippen LogP contribution is -2.49. The second kappa shape index (κ2) is 8.25. The Morgan fingerprint density at radius 1 is 1.36 bits per heavy atom. The van der Waals surface area contributed by atoms with E-state index in [1.165, 1.54) is 0 Å². The number of amides is 1. The Kier molecular flexibility index (Phi) is 6.03. The summed E-state index contributed by atoms with van der Waals surface area (Å²) in [5.41, 5.74) is 5.93. The summed E-state index contributed by atoms with van der Waals surface area (Å²) in [6.07, 6.45) is 2.58. The van der Waals surface area contributed by atoms with Gasteiger partial charge >= 0.3 is 0 Å². The summed E-state index contributed by atoms with van der Waals surface area (Å²) in [4.78, 5) is 21.2. The van der Waals surface area contributed by atoms with Crippen molar-refractivity contribution in [3.05, 3.63) is 11.7 Å². The summed E-state index contributed by atoms with van der Waals surface area (Å²) in [5.74, 6) is 1.59. The van der Waals surface area contributed by atoms with Crippen molar-refractivity contribution in [2.24, 2.45) is 11.7 Å². The van der Waals surface area contributed by atoms with Gasteiger partial charge in [-0.05, 0) is 33.1 Å². The quantitative estimate of drug-likeness (QED) is 0.814. The summed E-state index contributed by atoms with van der Waals surface area (Å²) >= 11 is 0. The lowest BCUT2D eigenvalue weighted by molar-refractivity contribution is -0.137. The van der Waals surface area contributed by atoms with E-state index in [-0.39, 0.29) is 24.0 Å². The summed E-state index contributed by atoms with van der Waals surface area (Å²) < 4.78 is 10.8. The second-order valence-electron chi connectivity index (χ2n) is 7.02. The molecule has 8 nitrogen and oxygen atoms in total. The monoisotopic (exact) mass is 351 g/mol. The van der Waals surface area contributed by atoms with Crippen LogP contribution in [-0.4, -0.2) is 64.7 Å². The van der Waals surface area contributed by atoms with Crippen molar-refractivity contribution in [2.75, 3.05) is 32.8 Å². The highest BCUT2D eigenvalue weighted by Gasteiger charge is 2.32. The van der Waals surface area contributed by atoms with E-state index in [1.807, 2.05) is 18.7 Å². The average molecular weight is 351 g/mol. The topological polar surface area (TPSA) is 97.7 Å². The Balaban J connectivity index is 1.45. The van der Waals surface area contributed by atoms with E-state index in [2.05, 4.69) is 15.0 Å². The van der Waals surface area contributed by atoms with Gasteiger partial charge in [-0.3, -0.25) is 9.69 Å². The SMILES string of the molecule is CCO[C@H](C)c1noc(CN2CCN(C(=O)[C@@H]3CC[C@H](N)C3)CC2)n1. The zero-order valence-corrected chi connectivity index (χ0v) is 15.2. The molecule has 1 amide bonds. The molecule has 3 rings (SSSR count). The molecule has 25 heavy (non-hydrogen) atoms. The number of hydrogen-bond donors (Lipinski definition) is 1. The molecule has 1 saturated carbocycles. The van der Waals surface area contributed by atoms with Gasteiger partial charge in [-0.25, -0.2) is 0 Å². The summed E-state index contributed by atoms with van der Waals surface area (Å²) in [6.45, 7) is 8.23. The third-order valence-electron chi connectivity index (χ3n) is 5.13. The van der Waals surface area contributed by atoms with Crippen LogP contribution in [0.1, 0.15) is 50.9 Å². The van der Waals surface area contributed by atoms with E-state index < -0.39 is 0 Å². The van der Waals surface area contributed by atoms with Crippen LogP contribution in [0.15, 0.2) is 4.52 Å². The molecule has 1 aromatic heterocycles. The molecule has 0 spiro atoms. The highest BCUT2D eigenvalue weighted by molar-refractivity contribution is 5.79. The fourth-order valence-electron chi connectivity index (χ4n) is 3.64. The van der Waals surface area contributed by atoms with Gasteiger partial charge in [0.05, 0.1) is 6.54 Å². The minimum atomic E-state index is -0.158. The third-order valence-corrected chi connectivity index (χ3v) is 5.13. The predicted molar refractivity (Wildman–Crippen MR) is 91.5 cm³/mol. The molecule has 1 aliphatic carbocycles. The zero-order chi connectivity index (χ0) is 17.8. The fourth-order valence-corrected chi connectivity index (χ4v) is 3.64. The number of carbonyl (C=O) groups excluding carboxylic acids is 1. The van der Waals surface area contributed by atoms with Gasteiger partial charge < -0.3 is 19.9 Å². The van der Waals surface area contributed by atoms with Gasteiger partial charge in [0.1, 0.15) is 6.10 Å². The molecule has 2 N–H and O–H groups in total. The van der Waals surface area contributed by atoms with Crippen LogP contribution in [0.2, 0.25) is 0 Å². The van der Waals surface area contributed by atoms with Crippen LogP contribution in [0, 0.1) is 5.92 Å². The number of nitrogens with zero attached hydrogens (tertiary/aromatic N) is 4. The van der Waals surface area contributed by atoms with Crippen LogP contribution >= 0.6 is 0 Å². The van der Waals surface area contributed by atoms with Crippen LogP contribution in [-0.2, 0) is 16.1 Å². The normalized spacial score (nSPS) is 26.1. The number of nitrogens with two attached hydrogens (primary N) is 1. The molecule has 8 heteroatoms. The maximum absolute atomic E-state index is 12.5. The van der Waals surface area contributed by atoms with Gasteiger partial charge in [0.2, 0.25) is 11.8 Å². The Hall–Kier alpha value is -1.51. The molecule has 2 fully saturated rings. The molecular formula is C17H29N5O3. The number of piperazine rings is 1. The van der Waals surface area contributed by atoms with E-state index in [4.69, 9.17) is 15.0 Å². The fraction of sp³-hybridized carbons (Fsp3) is 0.824. The van der Waals surface area contributed by atoms with Crippen molar-refractivity contribution in [3.8, 4) is 0 Å². The first-order valence-electron chi connectivity index (χ1n) is 9.27. The van der Waals surface area contributed by atoms with Gasteiger partial charge in [0.15, 0.2) is 5.82 Å². The van der Waals surface area contributed by atoms with Gasteiger partial charge in [0.25, 0.3) is 0 Å². The Morgan fingerprint density at radius 2 is 2.12 bits per heavy atom. The molecule has 0 aromatic carbocycles. The van der Waals surface area contributed by atoms with Gasteiger partial charge in [-0.1, -0.05) is 5.16 Å². The summed E-state index contributed by atoms with van der Waals surface area (Å²) in [5, 5.41) is 3.99. The van der Waals surface area contributed by atoms with Crippen LogP contribution < -0.4 is 5.73 Å². The minimum Gasteiger partial charge on any atom is -0.371 e. The van der Waals surface area contributed by atoms with Crippen molar-refractivity contribution in [1.82, 2.24) is 19.9 Å². The van der Waals surface area contributed by atoms with E-state index in [1.54, 1.807) is 0 Å². The summed E-state index contributed by atoms with van der Waals surface area (Å²) in [6, 6.07) is 0.195. The molecule has 3 atom stereocenters. The van der Waals surface area contributed by atoms with Crippen LogP contribution in [0.5, 0.6) is 0 Å². The smallest absolute Gasteiger partial charge is 0.240 e. The first kappa shape index (κ1) is 18.3. The molecule has 0 radical (unpaired) electrons.